The van der Waals surface area contributed by atoms with E-state index in [4.69, 9.17) is 5.11 Å². The summed E-state index contributed by atoms with van der Waals surface area (Å²) in [6.07, 6.45) is 0.949. The minimum Gasteiger partial charge on any atom is -0.478 e. The van der Waals surface area contributed by atoms with Crippen LogP contribution in [0.2, 0.25) is 0 Å². The van der Waals surface area contributed by atoms with Gasteiger partial charge in [0.15, 0.2) is 0 Å². The van der Waals surface area contributed by atoms with Crippen LogP contribution in [0.5, 0.6) is 0 Å². The second-order valence-corrected chi connectivity index (χ2v) is 4.98. The van der Waals surface area contributed by atoms with Crippen molar-refractivity contribution in [3.63, 3.8) is 0 Å². The summed E-state index contributed by atoms with van der Waals surface area (Å²) in [5.41, 5.74) is -0.105. The number of aromatic carboxylic acids is 1. The molecular formula is C15H10N2O6. The summed E-state index contributed by atoms with van der Waals surface area (Å²) in [7, 11) is 0. The third-order valence-electron chi connectivity index (χ3n) is 3.57. The van der Waals surface area contributed by atoms with Crippen molar-refractivity contribution in [3.8, 4) is 0 Å². The van der Waals surface area contributed by atoms with Crippen molar-refractivity contribution in [1.29, 1.82) is 0 Å². The Morgan fingerprint density at radius 3 is 2.00 bits per heavy atom. The highest BCUT2D eigenvalue weighted by Crippen LogP contribution is 2.27. The van der Waals surface area contributed by atoms with Crippen molar-refractivity contribution >= 4 is 35.3 Å². The lowest BCUT2D eigenvalue weighted by atomic mass is 10.2. The number of likely N-dealkylation sites (tertiary alicyclic amines) is 1. The van der Waals surface area contributed by atoms with E-state index in [9.17, 15) is 24.0 Å². The fourth-order valence-electron chi connectivity index (χ4n) is 2.46. The van der Waals surface area contributed by atoms with Crippen molar-refractivity contribution in [2.45, 2.75) is 12.8 Å². The van der Waals surface area contributed by atoms with E-state index in [0.29, 0.717) is 0 Å². The SMILES string of the molecule is O=C(O)c1ccc(N2C(=O)C=C(N3C(=O)CCC3=O)C2=O)cc1. The fourth-order valence-corrected chi connectivity index (χ4v) is 2.46. The molecule has 0 unspecified atom stereocenters. The number of benzene rings is 1. The number of carboxylic acid groups (broad SMARTS) is 1. The first-order valence-electron chi connectivity index (χ1n) is 6.69. The number of nitrogens with zero attached hydrogens (tertiary/aromatic N) is 2. The monoisotopic (exact) mass is 314 g/mol. The summed E-state index contributed by atoms with van der Waals surface area (Å²) >= 11 is 0. The van der Waals surface area contributed by atoms with Crippen molar-refractivity contribution in [3.05, 3.63) is 41.6 Å². The number of carboxylic acids is 1. The van der Waals surface area contributed by atoms with Gasteiger partial charge >= 0.3 is 5.97 Å². The van der Waals surface area contributed by atoms with Crippen molar-refractivity contribution in [2.24, 2.45) is 0 Å². The number of amides is 4. The first-order valence-corrected chi connectivity index (χ1v) is 6.69. The molecule has 0 atom stereocenters. The molecule has 2 aliphatic heterocycles. The molecule has 23 heavy (non-hydrogen) atoms. The summed E-state index contributed by atoms with van der Waals surface area (Å²) in [4.78, 5) is 60.2. The van der Waals surface area contributed by atoms with Gasteiger partial charge in [0.25, 0.3) is 11.8 Å². The molecule has 0 aromatic heterocycles. The van der Waals surface area contributed by atoms with Gasteiger partial charge in [-0.05, 0) is 24.3 Å². The Balaban J connectivity index is 1.91. The first-order chi connectivity index (χ1) is 10.9. The minimum absolute atomic E-state index is 0.00491. The minimum atomic E-state index is -1.14. The number of imide groups is 2. The van der Waals surface area contributed by atoms with Crippen molar-refractivity contribution in [1.82, 2.24) is 4.90 Å². The van der Waals surface area contributed by atoms with Crippen molar-refractivity contribution < 1.29 is 29.1 Å². The zero-order valence-corrected chi connectivity index (χ0v) is 11.7. The van der Waals surface area contributed by atoms with Crippen LogP contribution in [0, 0.1) is 0 Å². The van der Waals surface area contributed by atoms with Gasteiger partial charge < -0.3 is 5.11 Å². The maximum Gasteiger partial charge on any atom is 0.335 e. The van der Waals surface area contributed by atoms with Crippen LogP contribution in [0.3, 0.4) is 0 Å². The smallest absolute Gasteiger partial charge is 0.335 e. The van der Waals surface area contributed by atoms with Crippen LogP contribution in [0.1, 0.15) is 23.2 Å². The first kappa shape index (κ1) is 14.6. The van der Waals surface area contributed by atoms with E-state index < -0.39 is 29.6 Å². The van der Waals surface area contributed by atoms with Gasteiger partial charge in [-0.1, -0.05) is 0 Å². The Labute approximate surface area is 129 Å². The molecule has 4 amide bonds. The third-order valence-corrected chi connectivity index (χ3v) is 3.57. The molecule has 116 valence electrons. The van der Waals surface area contributed by atoms with E-state index in [1.54, 1.807) is 0 Å². The van der Waals surface area contributed by atoms with E-state index in [0.717, 1.165) is 15.9 Å². The van der Waals surface area contributed by atoms with E-state index >= 15 is 0 Å². The molecule has 8 heteroatoms. The highest BCUT2D eigenvalue weighted by Gasteiger charge is 2.42. The molecule has 0 radical (unpaired) electrons. The number of carbonyl (C=O) groups is 5. The summed E-state index contributed by atoms with van der Waals surface area (Å²) in [6.45, 7) is 0. The Hall–Kier alpha value is -3.29. The van der Waals surface area contributed by atoms with Crippen LogP contribution >= 0.6 is 0 Å². The molecule has 1 N–H and O–H groups in total. The van der Waals surface area contributed by atoms with Gasteiger partial charge in [-0.2, -0.15) is 0 Å². The van der Waals surface area contributed by atoms with Crippen LogP contribution in [0.25, 0.3) is 0 Å². The largest absolute Gasteiger partial charge is 0.478 e. The summed E-state index contributed by atoms with van der Waals surface area (Å²) < 4.78 is 0. The molecule has 1 aromatic rings. The van der Waals surface area contributed by atoms with Crippen molar-refractivity contribution in [2.75, 3.05) is 4.90 Å². The predicted molar refractivity (Wildman–Crippen MR) is 75.1 cm³/mol. The van der Waals surface area contributed by atoms with Gasteiger partial charge in [0.2, 0.25) is 11.8 Å². The maximum atomic E-state index is 12.4. The molecule has 1 fully saturated rings. The Kier molecular flexibility index (Phi) is 3.29. The lowest BCUT2D eigenvalue weighted by Gasteiger charge is -2.18. The number of anilines is 1. The third kappa shape index (κ3) is 2.30. The average Bonchev–Trinajstić information content (AvgIpc) is 2.98. The molecule has 0 saturated carbocycles. The zero-order valence-electron chi connectivity index (χ0n) is 11.7. The Morgan fingerprint density at radius 1 is 0.913 bits per heavy atom. The van der Waals surface area contributed by atoms with Gasteiger partial charge in [-0.15, -0.1) is 0 Å². The predicted octanol–water partition coefficient (Wildman–Crippen LogP) is 0.291. The Bertz CT molecular complexity index is 777. The summed E-state index contributed by atoms with van der Waals surface area (Å²) in [5.74, 6) is -3.67. The molecule has 1 saturated heterocycles. The standard InChI is InChI=1S/C15H10N2O6/c18-11-5-6-12(19)17(11)10-7-13(20)16(14(10)21)9-3-1-8(2-4-9)15(22)23/h1-4,7H,5-6H2,(H,22,23). The molecule has 1 aromatic carbocycles. The number of rotatable bonds is 3. The molecular weight excluding hydrogens is 304 g/mol. The normalized spacial score (nSPS) is 18.0. The van der Waals surface area contributed by atoms with Crippen LogP contribution in [-0.2, 0) is 19.2 Å². The lowest BCUT2D eigenvalue weighted by Crippen LogP contribution is -2.37. The van der Waals surface area contributed by atoms with E-state index in [-0.39, 0.29) is 29.8 Å². The van der Waals surface area contributed by atoms with Gasteiger partial charge in [-0.3, -0.25) is 19.2 Å². The van der Waals surface area contributed by atoms with Gasteiger partial charge in [0, 0.05) is 18.9 Å². The van der Waals surface area contributed by atoms with Gasteiger partial charge in [0.1, 0.15) is 5.70 Å². The highest BCUT2D eigenvalue weighted by atomic mass is 16.4. The number of hydrogen-bond acceptors (Lipinski definition) is 5. The van der Waals surface area contributed by atoms with E-state index in [2.05, 4.69) is 0 Å². The van der Waals surface area contributed by atoms with Crippen LogP contribution < -0.4 is 4.90 Å². The van der Waals surface area contributed by atoms with Gasteiger partial charge in [0.05, 0.1) is 11.3 Å². The lowest BCUT2D eigenvalue weighted by molar-refractivity contribution is -0.138. The fraction of sp³-hybridized carbons (Fsp3) is 0.133. The number of carbonyl (C=O) groups excluding carboxylic acids is 4. The molecule has 3 rings (SSSR count). The van der Waals surface area contributed by atoms with Crippen LogP contribution in [-0.4, -0.2) is 39.6 Å². The van der Waals surface area contributed by atoms with Crippen LogP contribution in [0.15, 0.2) is 36.0 Å². The summed E-state index contributed by atoms with van der Waals surface area (Å²) in [6, 6.07) is 5.12. The second kappa shape index (κ2) is 5.16. The average molecular weight is 314 g/mol. The van der Waals surface area contributed by atoms with Gasteiger partial charge in [-0.25, -0.2) is 14.6 Å². The topological polar surface area (TPSA) is 112 Å². The number of hydrogen-bond donors (Lipinski definition) is 1. The molecule has 2 heterocycles. The highest BCUT2D eigenvalue weighted by molar-refractivity contribution is 6.32. The molecule has 0 spiro atoms. The zero-order chi connectivity index (χ0) is 16.7. The second-order valence-electron chi connectivity index (χ2n) is 4.98. The molecule has 0 aliphatic carbocycles. The maximum absolute atomic E-state index is 12.4. The molecule has 2 aliphatic rings. The van der Waals surface area contributed by atoms with E-state index in [1.165, 1.54) is 24.3 Å². The quantitative estimate of drug-likeness (QED) is 0.803. The summed E-state index contributed by atoms with van der Waals surface area (Å²) in [5, 5.41) is 8.85. The molecule has 8 nitrogen and oxygen atoms in total. The van der Waals surface area contributed by atoms with Crippen LogP contribution in [0.4, 0.5) is 5.69 Å². The Morgan fingerprint density at radius 2 is 1.48 bits per heavy atom. The van der Waals surface area contributed by atoms with E-state index in [1.807, 2.05) is 0 Å². The molecule has 0 bridgehead atoms.